The second-order valence-electron chi connectivity index (χ2n) is 5.43. The highest BCUT2D eigenvalue weighted by molar-refractivity contribution is 5.69. The Balaban J connectivity index is 2.28. The van der Waals surface area contributed by atoms with Crippen LogP contribution < -0.4 is 0 Å². The summed E-state index contributed by atoms with van der Waals surface area (Å²) in [6.07, 6.45) is 16.1. The van der Waals surface area contributed by atoms with E-state index in [1.807, 2.05) is 0 Å². The van der Waals surface area contributed by atoms with E-state index in [0.29, 0.717) is 18.9 Å². The fourth-order valence-corrected chi connectivity index (χ4v) is 2.27. The molecule has 0 fully saturated rings. The van der Waals surface area contributed by atoms with Crippen molar-refractivity contribution < 1.29 is 9.53 Å². The predicted octanol–water partition coefficient (Wildman–Crippen LogP) is 4.64. The molecule has 2 nitrogen and oxygen atoms in total. The number of allylic oxidation sites excluding steroid dienone is 2. The lowest BCUT2D eigenvalue weighted by Gasteiger charge is -2.08. The Kier molecular flexibility index (Phi) is 8.62. The molecule has 0 aliphatic carbocycles. The lowest BCUT2D eigenvalue weighted by atomic mass is 10.0. The first-order chi connectivity index (χ1) is 8.79. The Morgan fingerprint density at radius 2 is 1.72 bits per heavy atom. The molecule has 1 rings (SSSR count). The van der Waals surface area contributed by atoms with Gasteiger partial charge in [0.1, 0.15) is 0 Å². The summed E-state index contributed by atoms with van der Waals surface area (Å²) in [5.74, 6) is 0.504. The third-order valence-electron chi connectivity index (χ3n) is 3.55. The van der Waals surface area contributed by atoms with Gasteiger partial charge in [-0.15, -0.1) is 0 Å². The Hall–Kier alpha value is -0.790. The summed E-state index contributed by atoms with van der Waals surface area (Å²) in [5, 5.41) is 0. The van der Waals surface area contributed by atoms with Crippen LogP contribution in [0.15, 0.2) is 12.2 Å². The first-order valence-corrected chi connectivity index (χ1v) is 7.61. The fourth-order valence-electron chi connectivity index (χ4n) is 2.27. The number of hydrogen-bond donors (Lipinski definition) is 0. The summed E-state index contributed by atoms with van der Waals surface area (Å²) in [6.45, 7) is 2.76. The summed E-state index contributed by atoms with van der Waals surface area (Å²) in [7, 11) is 0. The minimum atomic E-state index is -0.0155. The van der Waals surface area contributed by atoms with Crippen LogP contribution in [0.4, 0.5) is 0 Å². The van der Waals surface area contributed by atoms with E-state index in [4.69, 9.17) is 4.74 Å². The SMILES string of the molecule is C[C@@H]1/C=C/CCCCCCCCCC(=O)OCC1. The molecule has 0 unspecified atom stereocenters. The molecule has 1 atom stereocenters. The maximum Gasteiger partial charge on any atom is 0.305 e. The van der Waals surface area contributed by atoms with Gasteiger partial charge >= 0.3 is 5.97 Å². The van der Waals surface area contributed by atoms with Crippen molar-refractivity contribution in [3.05, 3.63) is 12.2 Å². The van der Waals surface area contributed by atoms with Gasteiger partial charge in [0.2, 0.25) is 0 Å². The zero-order chi connectivity index (χ0) is 13.1. The van der Waals surface area contributed by atoms with Crippen LogP contribution in [0, 0.1) is 5.92 Å². The van der Waals surface area contributed by atoms with Crippen LogP contribution in [0.25, 0.3) is 0 Å². The van der Waals surface area contributed by atoms with Gasteiger partial charge in [-0.2, -0.15) is 0 Å². The van der Waals surface area contributed by atoms with Crippen LogP contribution in [-0.4, -0.2) is 12.6 Å². The lowest BCUT2D eigenvalue weighted by Crippen LogP contribution is -2.07. The Morgan fingerprint density at radius 3 is 2.50 bits per heavy atom. The van der Waals surface area contributed by atoms with Gasteiger partial charge in [0, 0.05) is 6.42 Å². The third kappa shape index (κ3) is 8.32. The van der Waals surface area contributed by atoms with Crippen LogP contribution in [0.3, 0.4) is 0 Å². The highest BCUT2D eigenvalue weighted by Gasteiger charge is 2.04. The molecule has 18 heavy (non-hydrogen) atoms. The van der Waals surface area contributed by atoms with Crippen molar-refractivity contribution in [2.75, 3.05) is 6.61 Å². The van der Waals surface area contributed by atoms with Crippen LogP contribution in [-0.2, 0) is 9.53 Å². The van der Waals surface area contributed by atoms with E-state index in [-0.39, 0.29) is 5.97 Å². The molecule has 0 radical (unpaired) electrons. The quantitative estimate of drug-likeness (QED) is 0.464. The smallest absolute Gasteiger partial charge is 0.305 e. The first-order valence-electron chi connectivity index (χ1n) is 7.61. The minimum absolute atomic E-state index is 0.0155. The van der Waals surface area contributed by atoms with Crippen molar-refractivity contribution in [1.82, 2.24) is 0 Å². The van der Waals surface area contributed by atoms with Crippen molar-refractivity contribution in [1.29, 1.82) is 0 Å². The van der Waals surface area contributed by atoms with Gasteiger partial charge in [0.25, 0.3) is 0 Å². The number of cyclic esters (lactones) is 1. The zero-order valence-corrected chi connectivity index (χ0v) is 11.8. The summed E-state index contributed by atoms with van der Waals surface area (Å²) < 4.78 is 5.24. The summed E-state index contributed by atoms with van der Waals surface area (Å²) in [6, 6.07) is 0. The normalized spacial score (nSPS) is 27.4. The molecule has 0 saturated carbocycles. The average molecular weight is 252 g/mol. The van der Waals surface area contributed by atoms with Crippen molar-refractivity contribution in [2.24, 2.45) is 5.92 Å². The molecule has 0 bridgehead atoms. The Labute approximate surface area is 112 Å². The Morgan fingerprint density at radius 1 is 1.06 bits per heavy atom. The van der Waals surface area contributed by atoms with Gasteiger partial charge in [-0.1, -0.05) is 51.2 Å². The molecule has 0 spiro atoms. The molecule has 0 amide bonds. The number of carbonyl (C=O) groups excluding carboxylic acids is 1. The maximum atomic E-state index is 11.4. The molecular formula is C16H28O2. The topological polar surface area (TPSA) is 26.3 Å². The molecule has 0 aromatic carbocycles. The van der Waals surface area contributed by atoms with Gasteiger partial charge in [-0.25, -0.2) is 0 Å². The van der Waals surface area contributed by atoms with Crippen LogP contribution in [0.2, 0.25) is 0 Å². The molecule has 0 saturated heterocycles. The monoisotopic (exact) mass is 252 g/mol. The summed E-state index contributed by atoms with van der Waals surface area (Å²) in [4.78, 5) is 11.4. The van der Waals surface area contributed by atoms with Gasteiger partial charge in [0.05, 0.1) is 6.61 Å². The molecule has 1 heterocycles. The highest BCUT2D eigenvalue weighted by atomic mass is 16.5. The third-order valence-corrected chi connectivity index (χ3v) is 3.55. The molecule has 1 aliphatic rings. The maximum absolute atomic E-state index is 11.4. The number of carbonyl (C=O) groups is 1. The predicted molar refractivity (Wildman–Crippen MR) is 75.4 cm³/mol. The van der Waals surface area contributed by atoms with E-state index < -0.39 is 0 Å². The van der Waals surface area contributed by atoms with E-state index in [2.05, 4.69) is 19.1 Å². The molecule has 1 aliphatic heterocycles. The van der Waals surface area contributed by atoms with Gasteiger partial charge in [-0.3, -0.25) is 4.79 Å². The van der Waals surface area contributed by atoms with Crippen LogP contribution >= 0.6 is 0 Å². The highest BCUT2D eigenvalue weighted by Crippen LogP contribution is 2.12. The number of hydrogen-bond acceptors (Lipinski definition) is 2. The molecule has 104 valence electrons. The van der Waals surface area contributed by atoms with Crippen molar-refractivity contribution in [3.63, 3.8) is 0 Å². The lowest BCUT2D eigenvalue weighted by molar-refractivity contribution is -0.144. The number of ether oxygens (including phenoxy) is 1. The van der Waals surface area contributed by atoms with Crippen LogP contribution in [0.5, 0.6) is 0 Å². The summed E-state index contributed by atoms with van der Waals surface area (Å²) in [5.41, 5.74) is 0. The summed E-state index contributed by atoms with van der Waals surface area (Å²) >= 11 is 0. The second-order valence-corrected chi connectivity index (χ2v) is 5.43. The van der Waals surface area contributed by atoms with Crippen molar-refractivity contribution in [2.45, 2.75) is 71.1 Å². The van der Waals surface area contributed by atoms with E-state index in [1.165, 1.54) is 44.9 Å². The standard InChI is InChI=1S/C16H28O2/c1-15-11-9-7-5-3-2-4-6-8-10-12-16(17)18-14-13-15/h9,11,15H,2-8,10,12-14H2,1H3/b11-9+/t15-/m1/s1. The van der Waals surface area contributed by atoms with Crippen molar-refractivity contribution in [3.8, 4) is 0 Å². The second kappa shape index (κ2) is 10.2. The van der Waals surface area contributed by atoms with Gasteiger partial charge < -0.3 is 4.74 Å². The molecule has 0 aromatic heterocycles. The zero-order valence-electron chi connectivity index (χ0n) is 11.8. The largest absolute Gasteiger partial charge is 0.466 e. The fraction of sp³-hybridized carbons (Fsp3) is 0.812. The Bertz CT molecular complexity index is 245. The van der Waals surface area contributed by atoms with Crippen molar-refractivity contribution >= 4 is 5.97 Å². The minimum Gasteiger partial charge on any atom is -0.466 e. The number of rotatable bonds is 0. The average Bonchev–Trinajstić information content (AvgIpc) is 2.34. The number of esters is 1. The molecule has 0 aromatic rings. The van der Waals surface area contributed by atoms with Crippen LogP contribution in [0.1, 0.15) is 71.1 Å². The molecule has 0 N–H and O–H groups in total. The van der Waals surface area contributed by atoms with E-state index in [9.17, 15) is 4.79 Å². The van der Waals surface area contributed by atoms with E-state index >= 15 is 0 Å². The molecule has 2 heteroatoms. The van der Waals surface area contributed by atoms with E-state index in [0.717, 1.165) is 12.8 Å². The van der Waals surface area contributed by atoms with E-state index in [1.54, 1.807) is 0 Å². The first kappa shape index (κ1) is 15.3. The molecular weight excluding hydrogens is 224 g/mol. The van der Waals surface area contributed by atoms with Gasteiger partial charge in [-0.05, 0) is 31.6 Å². The van der Waals surface area contributed by atoms with Gasteiger partial charge in [0.15, 0.2) is 0 Å².